The first-order chi connectivity index (χ1) is 9.26. The Balaban J connectivity index is 2.15. The Morgan fingerprint density at radius 3 is 2.63 bits per heavy atom. The third-order valence-corrected chi connectivity index (χ3v) is 3.77. The molecule has 102 valence electrons. The van der Waals surface area contributed by atoms with E-state index in [1.54, 1.807) is 23.5 Å². The summed E-state index contributed by atoms with van der Waals surface area (Å²) in [6.45, 7) is 2.16. The van der Waals surface area contributed by atoms with E-state index in [1.807, 2.05) is 24.3 Å². The summed E-state index contributed by atoms with van der Waals surface area (Å²) in [4.78, 5) is 0. The van der Waals surface area contributed by atoms with E-state index in [4.69, 9.17) is 10.6 Å². The number of nitrogens with two attached hydrogens (primary N) is 1. The molecule has 0 unspecified atom stereocenters. The van der Waals surface area contributed by atoms with Crippen LogP contribution >= 0.6 is 11.8 Å². The number of hydrogen-bond donors (Lipinski definition) is 1. The van der Waals surface area contributed by atoms with Gasteiger partial charge in [-0.1, -0.05) is 25.1 Å². The second-order valence-electron chi connectivity index (χ2n) is 4.11. The lowest BCUT2D eigenvalue weighted by Crippen LogP contribution is -2.11. The van der Waals surface area contributed by atoms with Gasteiger partial charge in [-0.15, -0.1) is 10.2 Å². The molecule has 2 N–H and O–H groups in total. The smallest absolute Gasteiger partial charge is 0.210 e. The molecule has 1 aromatic heterocycles. The SMILES string of the molecule is CCCCSc1nnc(-c2ccc(OC)cc2)n1N. The minimum atomic E-state index is 0.668. The Bertz CT molecular complexity index is 524. The van der Waals surface area contributed by atoms with Crippen LogP contribution in [0.2, 0.25) is 0 Å². The molecule has 19 heavy (non-hydrogen) atoms. The predicted molar refractivity (Wildman–Crippen MR) is 77.8 cm³/mol. The first-order valence-corrected chi connectivity index (χ1v) is 7.22. The van der Waals surface area contributed by atoms with Gasteiger partial charge in [-0.2, -0.15) is 0 Å². The maximum absolute atomic E-state index is 6.03. The Morgan fingerprint density at radius 1 is 1.26 bits per heavy atom. The van der Waals surface area contributed by atoms with Crippen molar-refractivity contribution in [3.8, 4) is 17.1 Å². The van der Waals surface area contributed by atoms with Crippen molar-refractivity contribution in [2.45, 2.75) is 24.9 Å². The number of benzene rings is 1. The van der Waals surface area contributed by atoms with Crippen molar-refractivity contribution < 1.29 is 4.74 Å². The average molecular weight is 278 g/mol. The molecule has 0 saturated heterocycles. The van der Waals surface area contributed by atoms with E-state index in [9.17, 15) is 0 Å². The molecule has 5 nitrogen and oxygen atoms in total. The number of nitrogen functional groups attached to an aromatic ring is 1. The van der Waals surface area contributed by atoms with Crippen molar-refractivity contribution in [3.05, 3.63) is 24.3 Å². The molecule has 0 aliphatic rings. The first kappa shape index (κ1) is 13.7. The summed E-state index contributed by atoms with van der Waals surface area (Å²) < 4.78 is 6.67. The largest absolute Gasteiger partial charge is 0.497 e. The van der Waals surface area contributed by atoms with E-state index in [0.29, 0.717) is 5.82 Å². The third-order valence-electron chi connectivity index (χ3n) is 2.74. The van der Waals surface area contributed by atoms with Crippen LogP contribution in [-0.2, 0) is 0 Å². The maximum atomic E-state index is 6.03. The Hall–Kier alpha value is -1.69. The fraction of sp³-hybridized carbons (Fsp3) is 0.385. The molecular formula is C13H18N4OS. The van der Waals surface area contributed by atoms with Gasteiger partial charge in [0.05, 0.1) is 7.11 Å². The average Bonchev–Trinajstić information content (AvgIpc) is 2.81. The van der Waals surface area contributed by atoms with E-state index in [0.717, 1.165) is 35.1 Å². The lowest BCUT2D eigenvalue weighted by atomic mass is 10.2. The molecule has 0 bridgehead atoms. The molecule has 0 aliphatic carbocycles. The summed E-state index contributed by atoms with van der Waals surface area (Å²) in [7, 11) is 1.64. The number of unbranched alkanes of at least 4 members (excludes halogenated alkanes) is 1. The summed E-state index contributed by atoms with van der Waals surface area (Å²) in [5.74, 6) is 8.51. The standard InChI is InChI=1S/C13H18N4OS/c1-3-4-9-19-13-16-15-12(17(13)14)10-5-7-11(18-2)8-6-10/h5-8H,3-4,9,14H2,1-2H3. The predicted octanol–water partition coefficient (Wildman–Crippen LogP) is 2.56. The van der Waals surface area contributed by atoms with Crippen LogP contribution in [0.15, 0.2) is 29.4 Å². The molecule has 0 fully saturated rings. The monoisotopic (exact) mass is 278 g/mol. The maximum Gasteiger partial charge on any atom is 0.210 e. The van der Waals surface area contributed by atoms with Crippen LogP contribution in [0.1, 0.15) is 19.8 Å². The molecule has 6 heteroatoms. The highest BCUT2D eigenvalue weighted by atomic mass is 32.2. The second-order valence-corrected chi connectivity index (χ2v) is 5.17. The van der Waals surface area contributed by atoms with Gasteiger partial charge < -0.3 is 10.6 Å². The molecular weight excluding hydrogens is 260 g/mol. The van der Waals surface area contributed by atoms with Crippen LogP contribution in [0.5, 0.6) is 5.75 Å². The van der Waals surface area contributed by atoms with Crippen LogP contribution in [0.4, 0.5) is 0 Å². The second kappa shape index (κ2) is 6.47. The van der Waals surface area contributed by atoms with Crippen molar-refractivity contribution in [3.63, 3.8) is 0 Å². The Kier molecular flexibility index (Phi) is 4.68. The zero-order valence-corrected chi connectivity index (χ0v) is 12.0. The third kappa shape index (κ3) is 3.20. The number of thioether (sulfide) groups is 1. The summed E-state index contributed by atoms with van der Waals surface area (Å²) >= 11 is 1.63. The number of ether oxygens (including phenoxy) is 1. The van der Waals surface area contributed by atoms with Crippen molar-refractivity contribution in [2.75, 3.05) is 18.7 Å². The van der Waals surface area contributed by atoms with Gasteiger partial charge in [0.2, 0.25) is 5.16 Å². The highest BCUT2D eigenvalue weighted by Crippen LogP contribution is 2.23. The van der Waals surface area contributed by atoms with Gasteiger partial charge in [-0.3, -0.25) is 0 Å². The van der Waals surface area contributed by atoms with E-state index in [2.05, 4.69) is 17.1 Å². The minimum Gasteiger partial charge on any atom is -0.497 e. The summed E-state index contributed by atoms with van der Waals surface area (Å²) in [5.41, 5.74) is 0.929. The Morgan fingerprint density at radius 2 is 2.00 bits per heavy atom. The van der Waals surface area contributed by atoms with Crippen LogP contribution < -0.4 is 10.6 Å². The highest BCUT2D eigenvalue weighted by Gasteiger charge is 2.11. The Labute approximate surface area is 117 Å². The van der Waals surface area contributed by atoms with Crippen molar-refractivity contribution in [1.82, 2.24) is 14.9 Å². The zero-order chi connectivity index (χ0) is 13.7. The molecule has 0 amide bonds. The van der Waals surface area contributed by atoms with E-state index in [1.165, 1.54) is 0 Å². The normalized spacial score (nSPS) is 10.6. The fourth-order valence-corrected chi connectivity index (χ4v) is 2.56. The van der Waals surface area contributed by atoms with E-state index >= 15 is 0 Å². The number of aromatic nitrogens is 3. The highest BCUT2D eigenvalue weighted by molar-refractivity contribution is 7.99. The molecule has 1 aromatic carbocycles. The van der Waals surface area contributed by atoms with Crippen LogP contribution in [0.25, 0.3) is 11.4 Å². The van der Waals surface area contributed by atoms with Gasteiger partial charge >= 0.3 is 0 Å². The van der Waals surface area contributed by atoms with Gasteiger partial charge in [0.25, 0.3) is 0 Å². The van der Waals surface area contributed by atoms with Crippen molar-refractivity contribution >= 4 is 11.8 Å². The van der Waals surface area contributed by atoms with Gasteiger partial charge in [0.15, 0.2) is 5.82 Å². The molecule has 0 saturated carbocycles. The number of rotatable bonds is 6. The van der Waals surface area contributed by atoms with Crippen LogP contribution in [0.3, 0.4) is 0 Å². The van der Waals surface area contributed by atoms with Crippen LogP contribution in [-0.4, -0.2) is 27.7 Å². The minimum absolute atomic E-state index is 0.668. The fourth-order valence-electron chi connectivity index (χ4n) is 1.62. The molecule has 0 radical (unpaired) electrons. The van der Waals surface area contributed by atoms with Gasteiger partial charge in [0.1, 0.15) is 5.75 Å². The van der Waals surface area contributed by atoms with E-state index < -0.39 is 0 Å². The summed E-state index contributed by atoms with van der Waals surface area (Å²) in [6.07, 6.45) is 2.31. The van der Waals surface area contributed by atoms with Gasteiger partial charge in [-0.05, 0) is 30.7 Å². The number of hydrogen-bond acceptors (Lipinski definition) is 5. The summed E-state index contributed by atoms with van der Waals surface area (Å²) in [6, 6.07) is 7.61. The molecule has 1 heterocycles. The van der Waals surface area contributed by atoms with Crippen molar-refractivity contribution in [1.29, 1.82) is 0 Å². The van der Waals surface area contributed by atoms with Crippen molar-refractivity contribution in [2.24, 2.45) is 0 Å². The van der Waals surface area contributed by atoms with E-state index in [-0.39, 0.29) is 0 Å². The lowest BCUT2D eigenvalue weighted by Gasteiger charge is -2.04. The zero-order valence-electron chi connectivity index (χ0n) is 11.2. The first-order valence-electron chi connectivity index (χ1n) is 6.24. The van der Waals surface area contributed by atoms with Gasteiger partial charge in [0, 0.05) is 11.3 Å². The molecule has 2 rings (SSSR count). The van der Waals surface area contributed by atoms with Gasteiger partial charge in [-0.25, -0.2) is 4.68 Å². The molecule has 0 atom stereocenters. The van der Waals surface area contributed by atoms with Crippen LogP contribution in [0, 0.1) is 0 Å². The molecule has 0 spiro atoms. The summed E-state index contributed by atoms with van der Waals surface area (Å²) in [5, 5.41) is 9.02. The topological polar surface area (TPSA) is 66.0 Å². The number of nitrogens with zero attached hydrogens (tertiary/aromatic N) is 3. The quantitative estimate of drug-likeness (QED) is 0.500. The lowest BCUT2D eigenvalue weighted by molar-refractivity contribution is 0.415. The molecule has 0 aliphatic heterocycles. The molecule has 2 aromatic rings. The number of methoxy groups -OCH3 is 1.